The zero-order valence-electron chi connectivity index (χ0n) is 21.6. The lowest BCUT2D eigenvalue weighted by atomic mass is 10.1. The van der Waals surface area contributed by atoms with Gasteiger partial charge in [-0.3, -0.25) is 14.8 Å². The van der Waals surface area contributed by atoms with Crippen LogP contribution in [0.2, 0.25) is 10.0 Å². The van der Waals surface area contributed by atoms with Gasteiger partial charge in [0, 0.05) is 41.3 Å². The molecule has 0 saturated carbocycles. The van der Waals surface area contributed by atoms with Gasteiger partial charge in [0.1, 0.15) is 5.82 Å². The molecule has 0 atom stereocenters. The molecular formula is C28H29Cl2N5O4. The molecular weight excluding hydrogens is 541 g/mol. The molecule has 2 aromatic carbocycles. The summed E-state index contributed by atoms with van der Waals surface area (Å²) in [5.74, 6) is 6.37. The molecule has 204 valence electrons. The summed E-state index contributed by atoms with van der Waals surface area (Å²) in [4.78, 5) is 32.7. The first-order valence-electron chi connectivity index (χ1n) is 12.9. The third-order valence-corrected chi connectivity index (χ3v) is 6.86. The Hall–Kier alpha value is -3.58. The topological polar surface area (TPSA) is 103 Å². The highest BCUT2D eigenvalue weighted by atomic mass is 35.5. The van der Waals surface area contributed by atoms with Crippen LogP contribution in [-0.2, 0) is 11.3 Å². The molecule has 0 bridgehead atoms. The van der Waals surface area contributed by atoms with Gasteiger partial charge in [0.2, 0.25) is 0 Å². The molecule has 1 aromatic heterocycles. The van der Waals surface area contributed by atoms with Crippen molar-refractivity contribution in [1.29, 1.82) is 0 Å². The van der Waals surface area contributed by atoms with Gasteiger partial charge < -0.3 is 4.84 Å². The largest absolute Gasteiger partial charge is 0.314 e. The number of benzene rings is 2. The highest BCUT2D eigenvalue weighted by Crippen LogP contribution is 2.33. The number of piperidine rings is 1. The van der Waals surface area contributed by atoms with Crippen LogP contribution in [0, 0.1) is 22.0 Å². The number of hydrogen-bond donors (Lipinski definition) is 1. The van der Waals surface area contributed by atoms with Crippen molar-refractivity contribution in [2.75, 3.05) is 19.7 Å². The summed E-state index contributed by atoms with van der Waals surface area (Å²) in [6.07, 6.45) is 4.76. The maximum absolute atomic E-state index is 13.4. The van der Waals surface area contributed by atoms with E-state index in [1.54, 1.807) is 18.2 Å². The van der Waals surface area contributed by atoms with Crippen molar-refractivity contribution in [3.63, 3.8) is 0 Å². The molecule has 0 aliphatic carbocycles. The molecule has 0 radical (unpaired) electrons. The van der Waals surface area contributed by atoms with E-state index in [1.165, 1.54) is 0 Å². The molecule has 2 heterocycles. The molecule has 1 aliphatic heterocycles. The SMILES string of the molecule is CCc1c(C(=O)NN2CCCCC2)nc(-c2ccc(Cl)cc2Cl)n1-c1ccc(C#CCCCO[N+](=O)[O-])cc1. The molecule has 1 amide bonds. The number of rotatable bonds is 9. The number of halogens is 2. The average molecular weight is 570 g/mol. The maximum atomic E-state index is 13.4. The highest BCUT2D eigenvalue weighted by Gasteiger charge is 2.26. The molecule has 0 spiro atoms. The maximum Gasteiger partial charge on any atom is 0.294 e. The van der Waals surface area contributed by atoms with Gasteiger partial charge >= 0.3 is 0 Å². The van der Waals surface area contributed by atoms with Crippen LogP contribution in [0.4, 0.5) is 0 Å². The van der Waals surface area contributed by atoms with E-state index in [0.29, 0.717) is 46.4 Å². The van der Waals surface area contributed by atoms with Crippen LogP contribution in [0.5, 0.6) is 0 Å². The summed E-state index contributed by atoms with van der Waals surface area (Å²) in [5, 5.41) is 12.3. The van der Waals surface area contributed by atoms with Crippen molar-refractivity contribution in [2.24, 2.45) is 0 Å². The number of amides is 1. The number of nitrogens with zero attached hydrogens (tertiary/aromatic N) is 4. The van der Waals surface area contributed by atoms with Gasteiger partial charge in [-0.15, -0.1) is 10.1 Å². The number of carbonyl (C=O) groups excluding carboxylic acids is 1. The Balaban J connectivity index is 1.66. The number of imidazole rings is 1. The lowest BCUT2D eigenvalue weighted by Gasteiger charge is -2.26. The molecule has 3 aromatic rings. The zero-order chi connectivity index (χ0) is 27.8. The van der Waals surface area contributed by atoms with Crippen LogP contribution in [-0.4, -0.2) is 45.3 Å². The summed E-state index contributed by atoms with van der Waals surface area (Å²) in [6.45, 7) is 3.63. The summed E-state index contributed by atoms with van der Waals surface area (Å²) in [6, 6.07) is 12.8. The molecule has 9 nitrogen and oxygen atoms in total. The summed E-state index contributed by atoms with van der Waals surface area (Å²) in [5.41, 5.74) is 6.40. The third-order valence-electron chi connectivity index (χ3n) is 6.31. The van der Waals surface area contributed by atoms with Crippen LogP contribution >= 0.6 is 23.2 Å². The smallest absolute Gasteiger partial charge is 0.294 e. The van der Waals surface area contributed by atoms with E-state index in [0.717, 1.165) is 49.3 Å². The number of carbonyl (C=O) groups is 1. The van der Waals surface area contributed by atoms with E-state index < -0.39 is 5.09 Å². The van der Waals surface area contributed by atoms with Crippen LogP contribution < -0.4 is 5.43 Å². The molecule has 4 rings (SSSR count). The monoisotopic (exact) mass is 569 g/mol. The third kappa shape index (κ3) is 7.30. The van der Waals surface area contributed by atoms with Gasteiger partial charge in [-0.25, -0.2) is 9.99 Å². The Morgan fingerprint density at radius 1 is 1.15 bits per heavy atom. The Kier molecular flexibility index (Phi) is 9.82. The Labute approximate surface area is 237 Å². The molecule has 1 N–H and O–H groups in total. The lowest BCUT2D eigenvalue weighted by Crippen LogP contribution is -2.45. The van der Waals surface area contributed by atoms with Gasteiger partial charge in [-0.1, -0.05) is 48.4 Å². The second kappa shape index (κ2) is 13.5. The zero-order valence-corrected chi connectivity index (χ0v) is 23.1. The number of aromatic nitrogens is 2. The highest BCUT2D eigenvalue weighted by molar-refractivity contribution is 6.36. The van der Waals surface area contributed by atoms with Crippen molar-refractivity contribution < 1.29 is 14.7 Å². The number of hydrogen-bond acceptors (Lipinski definition) is 6. The molecule has 39 heavy (non-hydrogen) atoms. The molecule has 1 fully saturated rings. The minimum absolute atomic E-state index is 0.0186. The fourth-order valence-corrected chi connectivity index (χ4v) is 4.94. The predicted octanol–water partition coefficient (Wildman–Crippen LogP) is 5.88. The summed E-state index contributed by atoms with van der Waals surface area (Å²) < 4.78 is 1.95. The Morgan fingerprint density at radius 3 is 2.56 bits per heavy atom. The minimum atomic E-state index is -0.805. The van der Waals surface area contributed by atoms with E-state index >= 15 is 0 Å². The standard InChI is InChI=1S/C28H29Cl2N5O4/c1-2-25-26(28(36)32-33-16-6-4-7-17-33)31-27(23-15-12-21(29)19-24(23)30)34(25)22-13-10-20(11-14-22)9-5-3-8-18-39-35(37)38/h10-15,19H,2-4,6-8,16-18H2,1H3,(H,32,36). The number of unbranched alkanes of at least 4 members (excludes halogenated alkanes) is 1. The second-order valence-corrected chi connectivity index (χ2v) is 9.89. The van der Waals surface area contributed by atoms with E-state index in [-0.39, 0.29) is 12.5 Å². The first-order valence-corrected chi connectivity index (χ1v) is 13.6. The van der Waals surface area contributed by atoms with Crippen LogP contribution in [0.25, 0.3) is 17.1 Å². The van der Waals surface area contributed by atoms with Crippen molar-refractivity contribution in [3.8, 4) is 28.9 Å². The van der Waals surface area contributed by atoms with Gasteiger partial charge in [0.25, 0.3) is 11.0 Å². The van der Waals surface area contributed by atoms with E-state index in [9.17, 15) is 14.9 Å². The van der Waals surface area contributed by atoms with Crippen molar-refractivity contribution in [2.45, 2.75) is 45.4 Å². The molecule has 1 aliphatic rings. The van der Waals surface area contributed by atoms with Crippen LogP contribution in [0.15, 0.2) is 42.5 Å². The van der Waals surface area contributed by atoms with Crippen LogP contribution in [0.1, 0.15) is 60.8 Å². The molecule has 11 heteroatoms. The van der Waals surface area contributed by atoms with Gasteiger partial charge in [-0.05, 0) is 68.1 Å². The second-order valence-electron chi connectivity index (χ2n) is 9.04. The van der Waals surface area contributed by atoms with Gasteiger partial charge in [0.05, 0.1) is 17.3 Å². The normalized spacial score (nSPS) is 13.4. The van der Waals surface area contributed by atoms with Crippen molar-refractivity contribution in [1.82, 2.24) is 20.0 Å². The number of hydrazine groups is 1. The average Bonchev–Trinajstić information content (AvgIpc) is 3.31. The Morgan fingerprint density at radius 2 is 1.90 bits per heavy atom. The van der Waals surface area contributed by atoms with Crippen LogP contribution in [0.3, 0.4) is 0 Å². The van der Waals surface area contributed by atoms with Gasteiger partial charge in [0.15, 0.2) is 5.69 Å². The minimum Gasteiger partial charge on any atom is -0.314 e. The van der Waals surface area contributed by atoms with Crippen molar-refractivity contribution in [3.05, 3.63) is 79.6 Å². The molecule has 0 unspecified atom stereocenters. The summed E-state index contributed by atoms with van der Waals surface area (Å²) in [7, 11) is 0. The van der Waals surface area contributed by atoms with E-state index in [1.807, 2.05) is 40.8 Å². The van der Waals surface area contributed by atoms with E-state index in [2.05, 4.69) is 22.1 Å². The van der Waals surface area contributed by atoms with Crippen molar-refractivity contribution >= 4 is 29.1 Å². The molecule has 1 saturated heterocycles. The van der Waals surface area contributed by atoms with E-state index in [4.69, 9.17) is 28.2 Å². The fraction of sp³-hybridized carbons (Fsp3) is 0.357. The first kappa shape index (κ1) is 28.4. The quantitative estimate of drug-likeness (QED) is 0.149. The fourth-order valence-electron chi connectivity index (χ4n) is 4.45. The Bertz CT molecular complexity index is 1390. The first-order chi connectivity index (χ1) is 18.9. The number of nitrogens with one attached hydrogen (secondary N) is 1. The summed E-state index contributed by atoms with van der Waals surface area (Å²) >= 11 is 12.7. The van der Waals surface area contributed by atoms with Gasteiger partial charge in [-0.2, -0.15) is 0 Å². The lowest BCUT2D eigenvalue weighted by molar-refractivity contribution is -0.757. The predicted molar refractivity (Wildman–Crippen MR) is 150 cm³/mol.